The Bertz CT molecular complexity index is 729. The van der Waals surface area contributed by atoms with E-state index in [4.69, 9.17) is 4.52 Å². The smallest absolute Gasteiger partial charge is 0.245 e. The van der Waals surface area contributed by atoms with Crippen LogP contribution in [0, 0.1) is 13.8 Å². The van der Waals surface area contributed by atoms with Crippen molar-refractivity contribution in [3.63, 3.8) is 0 Å². The summed E-state index contributed by atoms with van der Waals surface area (Å²) in [5.41, 5.74) is 2.80. The van der Waals surface area contributed by atoms with E-state index in [0.717, 1.165) is 12.0 Å². The lowest BCUT2D eigenvalue weighted by atomic mass is 9.97. The molecule has 1 atom stereocenters. The third kappa shape index (κ3) is 4.20. The fourth-order valence-corrected chi connectivity index (χ4v) is 3.87. The van der Waals surface area contributed by atoms with Gasteiger partial charge in [-0.3, -0.25) is 0 Å². The molecule has 126 valence electrons. The monoisotopic (exact) mass is 336 g/mol. The third-order valence-electron chi connectivity index (χ3n) is 4.10. The lowest BCUT2D eigenvalue weighted by Gasteiger charge is -2.10. The number of sulfonamides is 1. The van der Waals surface area contributed by atoms with Crippen LogP contribution in [0.1, 0.15) is 48.8 Å². The molecule has 2 rings (SSSR count). The molecule has 0 spiro atoms. The van der Waals surface area contributed by atoms with Gasteiger partial charge in [-0.05, 0) is 43.7 Å². The summed E-state index contributed by atoms with van der Waals surface area (Å²) in [6.45, 7) is 7.94. The maximum absolute atomic E-state index is 12.3. The van der Waals surface area contributed by atoms with Gasteiger partial charge in [0.1, 0.15) is 10.6 Å². The summed E-state index contributed by atoms with van der Waals surface area (Å²) in [7, 11) is -3.58. The predicted octanol–water partition coefficient (Wildman–Crippen LogP) is 3.33. The minimum absolute atomic E-state index is 0.143. The molecule has 1 unspecified atom stereocenters. The van der Waals surface area contributed by atoms with Crippen LogP contribution < -0.4 is 4.72 Å². The molecule has 0 amide bonds. The average molecular weight is 336 g/mol. The highest BCUT2D eigenvalue weighted by Gasteiger charge is 2.23. The molecule has 6 heteroatoms. The van der Waals surface area contributed by atoms with Crippen molar-refractivity contribution in [2.75, 3.05) is 6.54 Å². The van der Waals surface area contributed by atoms with Gasteiger partial charge in [0, 0.05) is 6.54 Å². The molecule has 0 saturated heterocycles. The Morgan fingerprint density at radius 1 is 1.22 bits per heavy atom. The number of nitrogens with zero attached hydrogens (tertiary/aromatic N) is 1. The summed E-state index contributed by atoms with van der Waals surface area (Å²) in [4.78, 5) is 0.143. The van der Waals surface area contributed by atoms with Crippen LogP contribution in [0.15, 0.2) is 33.7 Å². The van der Waals surface area contributed by atoms with Crippen molar-refractivity contribution in [3.05, 3.63) is 46.8 Å². The van der Waals surface area contributed by atoms with Crippen molar-refractivity contribution in [3.8, 4) is 0 Å². The van der Waals surface area contributed by atoms with Gasteiger partial charge in [0.05, 0.1) is 0 Å². The molecular formula is C17H24N2O3S. The fraction of sp³-hybridized carbons (Fsp3) is 0.471. The molecule has 0 aliphatic heterocycles. The van der Waals surface area contributed by atoms with Crippen molar-refractivity contribution in [1.29, 1.82) is 0 Å². The second-order valence-corrected chi connectivity index (χ2v) is 7.56. The first-order valence-electron chi connectivity index (χ1n) is 7.86. The van der Waals surface area contributed by atoms with Gasteiger partial charge in [-0.2, -0.15) is 0 Å². The molecule has 1 aromatic heterocycles. The van der Waals surface area contributed by atoms with Crippen LogP contribution >= 0.6 is 0 Å². The predicted molar refractivity (Wildman–Crippen MR) is 90.0 cm³/mol. The van der Waals surface area contributed by atoms with Crippen LogP contribution in [0.2, 0.25) is 0 Å². The zero-order valence-corrected chi connectivity index (χ0v) is 14.9. The molecule has 5 nitrogen and oxygen atoms in total. The molecule has 0 bridgehead atoms. The summed E-state index contributed by atoms with van der Waals surface area (Å²) in [6.07, 6.45) is 1.75. The minimum atomic E-state index is -3.58. The second kappa shape index (κ2) is 7.27. The van der Waals surface area contributed by atoms with E-state index in [0.29, 0.717) is 30.3 Å². The van der Waals surface area contributed by atoms with E-state index < -0.39 is 10.0 Å². The number of aryl methyl sites for hydroxylation is 2. The third-order valence-corrected chi connectivity index (χ3v) is 5.81. The quantitative estimate of drug-likeness (QED) is 0.842. The van der Waals surface area contributed by atoms with Crippen molar-refractivity contribution in [2.24, 2.45) is 0 Å². The van der Waals surface area contributed by atoms with Crippen molar-refractivity contribution >= 4 is 10.0 Å². The molecule has 0 saturated carbocycles. The number of hydrogen-bond acceptors (Lipinski definition) is 4. The maximum Gasteiger partial charge on any atom is 0.245 e. The zero-order valence-electron chi connectivity index (χ0n) is 14.1. The Kier molecular flexibility index (Phi) is 5.59. The highest BCUT2D eigenvalue weighted by atomic mass is 32.2. The van der Waals surface area contributed by atoms with Crippen LogP contribution in [0.5, 0.6) is 0 Å². The fourth-order valence-electron chi connectivity index (χ4n) is 2.51. The number of benzene rings is 1. The molecule has 1 heterocycles. The van der Waals surface area contributed by atoms with Gasteiger partial charge < -0.3 is 4.52 Å². The van der Waals surface area contributed by atoms with E-state index in [9.17, 15) is 8.42 Å². The lowest BCUT2D eigenvalue weighted by molar-refractivity contribution is 0.390. The Hall–Kier alpha value is -1.66. The molecule has 1 aromatic carbocycles. The second-order valence-electron chi connectivity index (χ2n) is 5.85. The van der Waals surface area contributed by atoms with Gasteiger partial charge in [0.15, 0.2) is 5.76 Å². The van der Waals surface area contributed by atoms with Crippen LogP contribution in [0.4, 0.5) is 0 Å². The van der Waals surface area contributed by atoms with Crippen molar-refractivity contribution in [1.82, 2.24) is 9.88 Å². The maximum atomic E-state index is 12.3. The summed E-state index contributed by atoms with van der Waals surface area (Å²) in [6, 6.07) is 8.36. The van der Waals surface area contributed by atoms with E-state index in [1.54, 1.807) is 13.8 Å². The molecule has 0 radical (unpaired) electrons. The van der Waals surface area contributed by atoms with Crippen LogP contribution in [0.3, 0.4) is 0 Å². The standard InChI is InChI=1S/C17H24N2O3S/c1-5-12(2)16-8-6-15(7-9-16)10-11-18-23(20,21)17-13(3)19-22-14(17)4/h6-9,12,18H,5,10-11H2,1-4H3. The van der Waals surface area contributed by atoms with Gasteiger partial charge in [0.2, 0.25) is 10.0 Å². The van der Waals surface area contributed by atoms with Gasteiger partial charge in [0.25, 0.3) is 0 Å². The first-order valence-corrected chi connectivity index (χ1v) is 9.34. The molecule has 0 aliphatic carbocycles. The molecule has 0 fully saturated rings. The van der Waals surface area contributed by atoms with E-state index >= 15 is 0 Å². The number of rotatable bonds is 7. The summed E-state index contributed by atoms with van der Waals surface area (Å²) >= 11 is 0. The Morgan fingerprint density at radius 2 is 1.87 bits per heavy atom. The lowest BCUT2D eigenvalue weighted by Crippen LogP contribution is -2.26. The first kappa shape index (κ1) is 17.7. The largest absolute Gasteiger partial charge is 0.360 e. The van der Waals surface area contributed by atoms with Gasteiger partial charge >= 0.3 is 0 Å². The van der Waals surface area contributed by atoms with E-state index in [2.05, 4.69) is 48.0 Å². The molecule has 2 aromatic rings. The first-order chi connectivity index (χ1) is 10.8. The van der Waals surface area contributed by atoms with E-state index in [1.807, 2.05) is 0 Å². The normalized spacial score (nSPS) is 13.2. The van der Waals surface area contributed by atoms with Gasteiger partial charge in [-0.1, -0.05) is 43.3 Å². The van der Waals surface area contributed by atoms with Crippen LogP contribution in [-0.4, -0.2) is 20.1 Å². The summed E-state index contributed by atoms with van der Waals surface area (Å²) < 4.78 is 32.1. The SMILES string of the molecule is CCC(C)c1ccc(CCNS(=O)(=O)c2c(C)noc2C)cc1. The molecule has 23 heavy (non-hydrogen) atoms. The van der Waals surface area contributed by atoms with E-state index in [-0.39, 0.29) is 4.90 Å². The minimum Gasteiger partial charge on any atom is -0.360 e. The van der Waals surface area contributed by atoms with Gasteiger partial charge in [-0.15, -0.1) is 0 Å². The number of aromatic nitrogens is 1. The van der Waals surface area contributed by atoms with Crippen molar-refractivity contribution in [2.45, 2.75) is 51.3 Å². The van der Waals surface area contributed by atoms with E-state index in [1.165, 1.54) is 5.56 Å². The Labute approximate surface area is 138 Å². The Morgan fingerprint density at radius 3 is 2.39 bits per heavy atom. The van der Waals surface area contributed by atoms with Crippen LogP contribution in [0.25, 0.3) is 0 Å². The topological polar surface area (TPSA) is 72.2 Å². The highest BCUT2D eigenvalue weighted by Crippen LogP contribution is 2.20. The molecular weight excluding hydrogens is 312 g/mol. The Balaban J connectivity index is 1.97. The zero-order chi connectivity index (χ0) is 17.0. The van der Waals surface area contributed by atoms with Crippen LogP contribution in [-0.2, 0) is 16.4 Å². The number of hydrogen-bond donors (Lipinski definition) is 1. The van der Waals surface area contributed by atoms with Gasteiger partial charge in [-0.25, -0.2) is 13.1 Å². The molecule has 0 aliphatic rings. The summed E-state index contributed by atoms with van der Waals surface area (Å²) in [5, 5.41) is 3.69. The average Bonchev–Trinajstić information content (AvgIpc) is 2.86. The number of nitrogens with one attached hydrogen (secondary N) is 1. The molecule has 1 N–H and O–H groups in total. The highest BCUT2D eigenvalue weighted by molar-refractivity contribution is 7.89. The van der Waals surface area contributed by atoms with Crippen molar-refractivity contribution < 1.29 is 12.9 Å². The summed E-state index contributed by atoms with van der Waals surface area (Å²) in [5.74, 6) is 0.856.